The Morgan fingerprint density at radius 1 is 1.07 bits per heavy atom. The van der Waals surface area contributed by atoms with Crippen molar-refractivity contribution in [2.24, 2.45) is 0 Å². The number of carbonyl (C=O) groups excluding carboxylic acids is 1. The van der Waals surface area contributed by atoms with Crippen molar-refractivity contribution in [3.05, 3.63) is 66.9 Å². The minimum Gasteiger partial charge on any atom is -0.378 e. The van der Waals surface area contributed by atoms with Gasteiger partial charge in [-0.2, -0.15) is 0 Å². The maximum atomic E-state index is 12.9. The number of anilines is 2. The van der Waals surface area contributed by atoms with Crippen LogP contribution in [0.4, 0.5) is 11.5 Å². The molecule has 0 aromatic carbocycles. The summed E-state index contributed by atoms with van der Waals surface area (Å²) in [5.41, 5.74) is 0.591. The molecule has 0 bridgehead atoms. The third kappa shape index (κ3) is 4.13. The molecule has 0 atom stereocenters. The van der Waals surface area contributed by atoms with Crippen LogP contribution in [0.2, 0.25) is 0 Å². The van der Waals surface area contributed by atoms with E-state index in [0.717, 1.165) is 17.1 Å². The fraction of sp³-hybridized carbons (Fsp3) is 0.211. The number of nitrogens with zero attached hydrogens (tertiary/aromatic N) is 4. The first kappa shape index (κ1) is 19.1. The summed E-state index contributed by atoms with van der Waals surface area (Å²) in [5, 5.41) is 2.63. The van der Waals surface area contributed by atoms with Crippen molar-refractivity contribution < 1.29 is 17.9 Å². The van der Waals surface area contributed by atoms with Crippen LogP contribution < -0.4 is 10.2 Å². The number of pyridine rings is 2. The molecule has 29 heavy (non-hydrogen) atoms. The number of nitrogens with one attached hydrogen (secondary N) is 1. The first-order chi connectivity index (χ1) is 14.0. The van der Waals surface area contributed by atoms with Gasteiger partial charge in [-0.25, -0.2) is 17.4 Å². The topological polar surface area (TPSA) is 106 Å². The summed E-state index contributed by atoms with van der Waals surface area (Å²) in [6.07, 6.45) is 5.57. The van der Waals surface area contributed by atoms with Gasteiger partial charge in [0.05, 0.1) is 18.9 Å². The summed E-state index contributed by atoms with van der Waals surface area (Å²) >= 11 is 0. The van der Waals surface area contributed by atoms with Crippen LogP contribution in [0.15, 0.2) is 66.1 Å². The van der Waals surface area contributed by atoms with Crippen LogP contribution in [0, 0.1) is 0 Å². The van der Waals surface area contributed by atoms with Crippen molar-refractivity contribution in [1.29, 1.82) is 0 Å². The molecule has 1 fully saturated rings. The van der Waals surface area contributed by atoms with Gasteiger partial charge in [0.1, 0.15) is 16.4 Å². The molecular formula is C19H19N5O4S. The van der Waals surface area contributed by atoms with Gasteiger partial charge in [0.2, 0.25) is 0 Å². The fourth-order valence-electron chi connectivity index (χ4n) is 2.92. The highest BCUT2D eigenvalue weighted by Crippen LogP contribution is 2.20. The third-order valence-corrected chi connectivity index (χ3v) is 6.07. The number of ether oxygens (including phenoxy) is 1. The second-order valence-corrected chi connectivity index (χ2v) is 8.20. The molecule has 150 valence electrons. The number of aromatic nitrogens is 3. The summed E-state index contributed by atoms with van der Waals surface area (Å²) in [5.74, 6) is 0.292. The lowest BCUT2D eigenvalue weighted by Gasteiger charge is -2.27. The molecule has 0 radical (unpaired) electrons. The summed E-state index contributed by atoms with van der Waals surface area (Å²) in [7, 11) is -3.82. The van der Waals surface area contributed by atoms with Crippen molar-refractivity contribution in [2.45, 2.75) is 4.90 Å². The third-order valence-electron chi connectivity index (χ3n) is 4.45. The molecule has 0 saturated carbocycles. The molecular weight excluding hydrogens is 394 g/mol. The normalized spacial score (nSPS) is 14.6. The van der Waals surface area contributed by atoms with Crippen LogP contribution in [-0.2, 0) is 14.8 Å². The highest BCUT2D eigenvalue weighted by Gasteiger charge is 2.19. The zero-order chi connectivity index (χ0) is 20.3. The Hall–Kier alpha value is -3.24. The van der Waals surface area contributed by atoms with Crippen LogP contribution in [-0.4, -0.2) is 54.6 Å². The second kappa shape index (κ2) is 8.02. The molecule has 1 saturated heterocycles. The first-order valence-corrected chi connectivity index (χ1v) is 10.4. The lowest BCUT2D eigenvalue weighted by Crippen LogP contribution is -2.36. The van der Waals surface area contributed by atoms with Gasteiger partial charge in [-0.1, -0.05) is 6.07 Å². The monoisotopic (exact) mass is 413 g/mol. The van der Waals surface area contributed by atoms with Crippen LogP contribution in [0.1, 0.15) is 10.5 Å². The molecule has 4 heterocycles. The average Bonchev–Trinajstić information content (AvgIpc) is 3.24. The van der Waals surface area contributed by atoms with E-state index in [1.54, 1.807) is 24.3 Å². The summed E-state index contributed by atoms with van der Waals surface area (Å²) in [6.45, 7) is 2.68. The fourth-order valence-corrected chi connectivity index (χ4v) is 4.06. The zero-order valence-electron chi connectivity index (χ0n) is 15.4. The van der Waals surface area contributed by atoms with E-state index in [-0.39, 0.29) is 10.6 Å². The Kier molecular flexibility index (Phi) is 5.28. The molecule has 3 aromatic heterocycles. The van der Waals surface area contributed by atoms with E-state index < -0.39 is 15.9 Å². The van der Waals surface area contributed by atoms with Crippen molar-refractivity contribution in [2.75, 3.05) is 36.5 Å². The van der Waals surface area contributed by atoms with Crippen molar-refractivity contribution in [3.8, 4) is 0 Å². The molecule has 1 aliphatic heterocycles. The van der Waals surface area contributed by atoms with Crippen molar-refractivity contribution in [3.63, 3.8) is 0 Å². The summed E-state index contributed by atoms with van der Waals surface area (Å²) in [4.78, 5) is 22.5. The van der Waals surface area contributed by atoms with E-state index in [0.29, 0.717) is 24.7 Å². The zero-order valence-corrected chi connectivity index (χ0v) is 16.2. The minimum atomic E-state index is -3.82. The predicted molar refractivity (Wildman–Crippen MR) is 106 cm³/mol. The number of carbonyl (C=O) groups is 1. The van der Waals surface area contributed by atoms with E-state index >= 15 is 0 Å². The Morgan fingerprint density at radius 2 is 1.90 bits per heavy atom. The highest BCUT2D eigenvalue weighted by atomic mass is 32.2. The predicted octanol–water partition coefficient (Wildman–Crippen LogP) is 1.60. The SMILES string of the molecule is O=C(Nc1ccn(S(=O)(=O)c2ccc(N3CCOCC3)nc2)c1)c1ccccn1. The molecule has 0 aliphatic carbocycles. The first-order valence-electron chi connectivity index (χ1n) is 8.99. The highest BCUT2D eigenvalue weighted by molar-refractivity contribution is 7.90. The van der Waals surface area contributed by atoms with E-state index in [2.05, 4.69) is 15.3 Å². The van der Waals surface area contributed by atoms with Crippen molar-refractivity contribution >= 4 is 27.4 Å². The van der Waals surface area contributed by atoms with Gasteiger partial charge < -0.3 is 15.0 Å². The average molecular weight is 413 g/mol. The Balaban J connectivity index is 1.50. The van der Waals surface area contributed by atoms with Gasteiger partial charge in [-0.3, -0.25) is 9.78 Å². The summed E-state index contributed by atoms with van der Waals surface area (Å²) < 4.78 is 32.1. The van der Waals surface area contributed by atoms with Gasteiger partial charge in [-0.15, -0.1) is 0 Å². The number of amides is 1. The standard InChI is InChI=1S/C19H19N5O4S/c25-19(17-3-1-2-7-20-17)22-15-6-8-24(14-15)29(26,27)16-4-5-18(21-13-16)23-9-11-28-12-10-23/h1-8,13-14H,9-12H2,(H,22,25). The van der Waals surface area contributed by atoms with E-state index in [4.69, 9.17) is 4.74 Å². The lowest BCUT2D eigenvalue weighted by atomic mass is 10.3. The minimum absolute atomic E-state index is 0.0627. The number of hydrogen-bond acceptors (Lipinski definition) is 7. The maximum Gasteiger partial charge on any atom is 0.274 e. The van der Waals surface area contributed by atoms with E-state index in [1.165, 1.54) is 36.9 Å². The molecule has 1 amide bonds. The molecule has 9 nitrogen and oxygen atoms in total. The quantitative estimate of drug-likeness (QED) is 0.677. The number of rotatable bonds is 5. The maximum absolute atomic E-state index is 12.9. The lowest BCUT2D eigenvalue weighted by molar-refractivity contribution is 0.102. The molecule has 1 N–H and O–H groups in total. The van der Waals surface area contributed by atoms with Crippen LogP contribution >= 0.6 is 0 Å². The second-order valence-electron chi connectivity index (χ2n) is 6.36. The van der Waals surface area contributed by atoms with E-state index in [1.807, 2.05) is 4.90 Å². The number of morpholine rings is 1. The van der Waals surface area contributed by atoms with Crippen LogP contribution in [0.3, 0.4) is 0 Å². The van der Waals surface area contributed by atoms with Crippen molar-refractivity contribution in [1.82, 2.24) is 13.9 Å². The van der Waals surface area contributed by atoms with Gasteiger partial charge in [0.15, 0.2) is 0 Å². The largest absolute Gasteiger partial charge is 0.378 e. The van der Waals surface area contributed by atoms with Crippen LogP contribution in [0.25, 0.3) is 0 Å². The van der Waals surface area contributed by atoms with E-state index in [9.17, 15) is 13.2 Å². The Labute approximate surface area is 168 Å². The Bertz CT molecular complexity index is 1090. The van der Waals surface area contributed by atoms with Crippen LogP contribution in [0.5, 0.6) is 0 Å². The summed E-state index contributed by atoms with van der Waals surface area (Å²) in [6, 6.07) is 9.70. The molecule has 10 heteroatoms. The van der Waals surface area contributed by atoms with Gasteiger partial charge in [0, 0.05) is 37.9 Å². The Morgan fingerprint density at radius 3 is 2.59 bits per heavy atom. The molecule has 0 unspecified atom stereocenters. The van der Waals surface area contributed by atoms with Gasteiger partial charge in [-0.05, 0) is 30.3 Å². The van der Waals surface area contributed by atoms with Gasteiger partial charge in [0.25, 0.3) is 15.9 Å². The molecule has 4 rings (SSSR count). The molecule has 3 aromatic rings. The molecule has 0 spiro atoms. The molecule has 1 aliphatic rings. The van der Waals surface area contributed by atoms with Gasteiger partial charge >= 0.3 is 0 Å². The number of hydrogen-bond donors (Lipinski definition) is 1. The smallest absolute Gasteiger partial charge is 0.274 e.